The van der Waals surface area contributed by atoms with Crippen molar-refractivity contribution in [2.24, 2.45) is 0 Å². The Labute approximate surface area is 120 Å². The van der Waals surface area contributed by atoms with Crippen molar-refractivity contribution in [3.63, 3.8) is 0 Å². The zero-order chi connectivity index (χ0) is 13.6. The predicted molar refractivity (Wildman–Crippen MR) is 80.1 cm³/mol. The lowest BCUT2D eigenvalue weighted by molar-refractivity contribution is 0.270. The summed E-state index contributed by atoms with van der Waals surface area (Å²) in [6.07, 6.45) is 7.71. The highest BCUT2D eigenvalue weighted by molar-refractivity contribution is 5.40. The van der Waals surface area contributed by atoms with Crippen LogP contribution in [0.2, 0.25) is 0 Å². The first-order chi connectivity index (χ1) is 9.90. The van der Waals surface area contributed by atoms with E-state index in [1.54, 1.807) is 0 Å². The first-order valence-electron chi connectivity index (χ1n) is 7.77. The molecule has 0 radical (unpaired) electrons. The molecule has 2 aliphatic rings. The fraction of sp³-hybridized carbons (Fsp3) is 0.714. The Kier molecular flexibility index (Phi) is 4.65. The Hall–Kier alpha value is -1.40. The fourth-order valence-corrected chi connectivity index (χ4v) is 2.79. The number of anilines is 2. The topological polar surface area (TPSA) is 56.3 Å². The third kappa shape index (κ3) is 3.80. The van der Waals surface area contributed by atoms with Gasteiger partial charge in [0.1, 0.15) is 0 Å². The molecule has 2 fully saturated rings. The number of piperidine rings is 2. The fourth-order valence-electron chi connectivity index (χ4n) is 2.79. The molecule has 0 bridgehead atoms. The quantitative estimate of drug-likeness (QED) is 0.878. The van der Waals surface area contributed by atoms with E-state index < -0.39 is 0 Å². The number of aromatic nitrogens is 2. The Morgan fingerprint density at radius 1 is 0.650 bits per heavy atom. The van der Waals surface area contributed by atoms with Crippen LogP contribution in [-0.4, -0.2) is 46.4 Å². The molecule has 3 rings (SSSR count). The van der Waals surface area contributed by atoms with E-state index in [1.165, 1.54) is 38.5 Å². The maximum atomic E-state index is 4.25. The molecule has 2 saturated heterocycles. The van der Waals surface area contributed by atoms with Crippen molar-refractivity contribution in [3.05, 3.63) is 12.1 Å². The van der Waals surface area contributed by atoms with Gasteiger partial charge in [0.05, 0.1) is 0 Å². The van der Waals surface area contributed by atoms with Crippen LogP contribution < -0.4 is 10.9 Å². The van der Waals surface area contributed by atoms with Gasteiger partial charge in [-0.15, -0.1) is 10.2 Å². The van der Waals surface area contributed by atoms with Gasteiger partial charge >= 0.3 is 0 Å². The van der Waals surface area contributed by atoms with Gasteiger partial charge in [0, 0.05) is 26.2 Å². The van der Waals surface area contributed by atoms with E-state index >= 15 is 0 Å². The Balaban J connectivity index is 1.51. The molecule has 0 saturated carbocycles. The summed E-state index contributed by atoms with van der Waals surface area (Å²) in [5, 5.41) is 12.9. The molecule has 0 amide bonds. The average molecular weight is 276 g/mol. The molecular weight excluding hydrogens is 252 g/mol. The number of nitrogens with one attached hydrogen (secondary N) is 2. The minimum Gasteiger partial charge on any atom is -0.302 e. The minimum atomic E-state index is 0.830. The van der Waals surface area contributed by atoms with Crippen LogP contribution in [0.25, 0.3) is 0 Å². The highest BCUT2D eigenvalue weighted by Gasteiger charge is 2.12. The third-order valence-electron chi connectivity index (χ3n) is 3.92. The molecule has 1 aromatic rings. The maximum Gasteiger partial charge on any atom is 0.163 e. The van der Waals surface area contributed by atoms with E-state index in [0.717, 1.165) is 37.8 Å². The first kappa shape index (κ1) is 13.6. The third-order valence-corrected chi connectivity index (χ3v) is 3.92. The van der Waals surface area contributed by atoms with E-state index in [0.29, 0.717) is 0 Å². The molecular formula is C14H24N6. The van der Waals surface area contributed by atoms with Crippen molar-refractivity contribution in [2.75, 3.05) is 37.0 Å². The largest absolute Gasteiger partial charge is 0.302 e. The van der Waals surface area contributed by atoms with Crippen LogP contribution >= 0.6 is 0 Å². The summed E-state index contributed by atoms with van der Waals surface area (Å²) in [5.41, 5.74) is 6.66. The summed E-state index contributed by atoms with van der Waals surface area (Å²) in [5.74, 6) is 1.66. The second-order valence-corrected chi connectivity index (χ2v) is 5.62. The summed E-state index contributed by atoms with van der Waals surface area (Å²) in [6.45, 7) is 4.37. The molecule has 0 spiro atoms. The molecule has 20 heavy (non-hydrogen) atoms. The van der Waals surface area contributed by atoms with Gasteiger partial charge in [-0.25, -0.2) is 10.0 Å². The minimum absolute atomic E-state index is 0.830. The molecule has 2 aliphatic heterocycles. The second kappa shape index (κ2) is 6.85. The monoisotopic (exact) mass is 276 g/mol. The zero-order valence-corrected chi connectivity index (χ0v) is 12.0. The summed E-state index contributed by atoms with van der Waals surface area (Å²) in [4.78, 5) is 0. The molecule has 6 heteroatoms. The Morgan fingerprint density at radius 2 is 1.05 bits per heavy atom. The standard InChI is InChI=1S/C14H24N6/c1-3-9-19(10-4-1)17-13-7-8-14(16-15-13)18-20-11-5-2-6-12-20/h7-8H,1-6,9-12H2,(H,15,17)(H,16,18). The molecule has 6 nitrogen and oxygen atoms in total. The van der Waals surface area contributed by atoms with Crippen LogP contribution in [0.1, 0.15) is 38.5 Å². The Bertz CT molecular complexity index is 356. The van der Waals surface area contributed by atoms with Gasteiger partial charge in [0.2, 0.25) is 0 Å². The number of hydrogen-bond acceptors (Lipinski definition) is 6. The van der Waals surface area contributed by atoms with Gasteiger partial charge < -0.3 is 10.9 Å². The second-order valence-electron chi connectivity index (χ2n) is 5.62. The molecule has 0 aromatic carbocycles. The van der Waals surface area contributed by atoms with Crippen LogP contribution in [0.5, 0.6) is 0 Å². The van der Waals surface area contributed by atoms with Crippen LogP contribution in [0.4, 0.5) is 11.6 Å². The van der Waals surface area contributed by atoms with E-state index in [1.807, 2.05) is 12.1 Å². The highest BCUT2D eigenvalue weighted by atomic mass is 15.5. The summed E-state index contributed by atoms with van der Waals surface area (Å²) < 4.78 is 0. The van der Waals surface area contributed by atoms with Gasteiger partial charge in [0.15, 0.2) is 11.6 Å². The molecule has 0 aliphatic carbocycles. The average Bonchev–Trinajstić information content (AvgIpc) is 2.51. The molecule has 110 valence electrons. The van der Waals surface area contributed by atoms with Crippen molar-refractivity contribution < 1.29 is 0 Å². The molecule has 3 heterocycles. The lowest BCUT2D eigenvalue weighted by atomic mass is 10.2. The van der Waals surface area contributed by atoms with Crippen molar-refractivity contribution in [2.45, 2.75) is 38.5 Å². The van der Waals surface area contributed by atoms with Crippen molar-refractivity contribution in [1.29, 1.82) is 0 Å². The Morgan fingerprint density at radius 3 is 1.40 bits per heavy atom. The van der Waals surface area contributed by atoms with Crippen LogP contribution in [-0.2, 0) is 0 Å². The number of hydrogen-bond donors (Lipinski definition) is 2. The van der Waals surface area contributed by atoms with Gasteiger partial charge in [-0.1, -0.05) is 12.8 Å². The van der Waals surface area contributed by atoms with Crippen molar-refractivity contribution in [1.82, 2.24) is 20.2 Å². The van der Waals surface area contributed by atoms with E-state index in [4.69, 9.17) is 0 Å². The van der Waals surface area contributed by atoms with Crippen LogP contribution in [0.15, 0.2) is 12.1 Å². The van der Waals surface area contributed by atoms with E-state index in [2.05, 4.69) is 31.1 Å². The molecule has 2 N–H and O–H groups in total. The lowest BCUT2D eigenvalue weighted by Crippen LogP contribution is -2.36. The number of rotatable bonds is 4. The van der Waals surface area contributed by atoms with Gasteiger partial charge in [-0.05, 0) is 37.8 Å². The summed E-state index contributed by atoms with van der Waals surface area (Å²) in [7, 11) is 0. The SMILES string of the molecule is c1cc(NN2CCCCC2)nnc1NN1CCCCC1. The van der Waals surface area contributed by atoms with Gasteiger partial charge in [0.25, 0.3) is 0 Å². The van der Waals surface area contributed by atoms with Crippen molar-refractivity contribution >= 4 is 11.6 Å². The maximum absolute atomic E-state index is 4.25. The lowest BCUT2D eigenvalue weighted by Gasteiger charge is -2.28. The summed E-state index contributed by atoms with van der Waals surface area (Å²) >= 11 is 0. The number of hydrazine groups is 2. The molecule has 1 aromatic heterocycles. The zero-order valence-electron chi connectivity index (χ0n) is 12.0. The van der Waals surface area contributed by atoms with E-state index in [-0.39, 0.29) is 0 Å². The van der Waals surface area contributed by atoms with Crippen LogP contribution in [0.3, 0.4) is 0 Å². The van der Waals surface area contributed by atoms with Gasteiger partial charge in [-0.3, -0.25) is 0 Å². The van der Waals surface area contributed by atoms with Gasteiger partial charge in [-0.2, -0.15) is 0 Å². The normalized spacial score (nSPS) is 21.6. The summed E-state index contributed by atoms with van der Waals surface area (Å²) in [6, 6.07) is 3.99. The highest BCUT2D eigenvalue weighted by Crippen LogP contribution is 2.14. The molecule has 0 atom stereocenters. The first-order valence-corrected chi connectivity index (χ1v) is 7.77. The van der Waals surface area contributed by atoms with Crippen LogP contribution in [0, 0.1) is 0 Å². The predicted octanol–water partition coefficient (Wildman–Crippen LogP) is 2.10. The molecule has 0 unspecified atom stereocenters. The number of nitrogens with zero attached hydrogens (tertiary/aromatic N) is 4. The van der Waals surface area contributed by atoms with Crippen molar-refractivity contribution in [3.8, 4) is 0 Å². The van der Waals surface area contributed by atoms with E-state index in [9.17, 15) is 0 Å². The smallest absolute Gasteiger partial charge is 0.163 e.